The highest BCUT2D eigenvalue weighted by atomic mass is 32.2. The molecule has 2 amide bonds. The average Bonchev–Trinajstić information content (AvgIpc) is 2.50. The molecule has 2 aromatic rings. The van der Waals surface area contributed by atoms with Crippen LogP contribution in [0.15, 0.2) is 35.4 Å². The van der Waals surface area contributed by atoms with Crippen molar-refractivity contribution in [1.82, 2.24) is 10.3 Å². The zero-order valence-corrected chi connectivity index (χ0v) is 17.6. The number of anilines is 1. The standard InChI is InChI=1S/C21H27N3O2S/c1-13-8-7-9-16(10-13)23-19(26)18-14(2)11-15(3)22-20(18)27-12-17(25)24-21(4,5)6/h7-11H,12H2,1-6H3,(H,23,26)(H,24,25). The van der Waals surface area contributed by atoms with Gasteiger partial charge in [-0.05, 0) is 70.9 Å². The minimum atomic E-state index is -0.293. The van der Waals surface area contributed by atoms with Gasteiger partial charge in [0.15, 0.2) is 0 Å². The molecule has 0 radical (unpaired) electrons. The Kier molecular flexibility index (Phi) is 6.65. The first-order valence-corrected chi connectivity index (χ1v) is 9.84. The largest absolute Gasteiger partial charge is 0.351 e. The number of carbonyl (C=O) groups is 2. The molecule has 0 aliphatic rings. The van der Waals surface area contributed by atoms with Gasteiger partial charge < -0.3 is 10.6 Å². The lowest BCUT2D eigenvalue weighted by Gasteiger charge is -2.20. The van der Waals surface area contributed by atoms with Crippen LogP contribution in [-0.4, -0.2) is 28.1 Å². The van der Waals surface area contributed by atoms with Gasteiger partial charge in [-0.3, -0.25) is 9.59 Å². The van der Waals surface area contributed by atoms with Gasteiger partial charge in [-0.2, -0.15) is 0 Å². The molecular weight excluding hydrogens is 358 g/mol. The normalized spacial score (nSPS) is 11.2. The molecule has 0 fully saturated rings. The van der Waals surface area contributed by atoms with Crippen LogP contribution in [0, 0.1) is 20.8 Å². The van der Waals surface area contributed by atoms with Crippen molar-refractivity contribution in [2.24, 2.45) is 0 Å². The zero-order valence-electron chi connectivity index (χ0n) is 16.8. The van der Waals surface area contributed by atoms with Crippen molar-refractivity contribution < 1.29 is 9.59 Å². The monoisotopic (exact) mass is 385 g/mol. The number of benzene rings is 1. The lowest BCUT2D eigenvalue weighted by Crippen LogP contribution is -2.41. The quantitative estimate of drug-likeness (QED) is 0.754. The SMILES string of the molecule is Cc1cccc(NC(=O)c2c(C)cc(C)nc2SCC(=O)NC(C)(C)C)c1. The maximum absolute atomic E-state index is 12.9. The zero-order chi connectivity index (χ0) is 20.2. The van der Waals surface area contributed by atoms with Crippen LogP contribution in [0.2, 0.25) is 0 Å². The number of carbonyl (C=O) groups excluding carboxylic acids is 2. The molecule has 0 bridgehead atoms. The topological polar surface area (TPSA) is 71.1 Å². The third-order valence-electron chi connectivity index (χ3n) is 3.67. The molecule has 5 nitrogen and oxygen atoms in total. The van der Waals surface area contributed by atoms with Gasteiger partial charge in [0.05, 0.1) is 11.3 Å². The maximum atomic E-state index is 12.9. The summed E-state index contributed by atoms with van der Waals surface area (Å²) in [4.78, 5) is 29.5. The second kappa shape index (κ2) is 8.57. The van der Waals surface area contributed by atoms with Gasteiger partial charge in [0.1, 0.15) is 5.03 Å². The summed E-state index contributed by atoms with van der Waals surface area (Å²) >= 11 is 1.28. The first-order valence-electron chi connectivity index (χ1n) is 8.85. The molecule has 0 saturated heterocycles. The van der Waals surface area contributed by atoms with Gasteiger partial charge in [0.25, 0.3) is 5.91 Å². The Balaban J connectivity index is 2.22. The van der Waals surface area contributed by atoms with Crippen molar-refractivity contribution in [3.8, 4) is 0 Å². The lowest BCUT2D eigenvalue weighted by atomic mass is 10.1. The summed E-state index contributed by atoms with van der Waals surface area (Å²) in [6.45, 7) is 11.6. The van der Waals surface area contributed by atoms with Crippen LogP contribution < -0.4 is 10.6 Å². The molecular formula is C21H27N3O2S. The van der Waals surface area contributed by atoms with Gasteiger partial charge in [0.2, 0.25) is 5.91 Å². The summed E-state index contributed by atoms with van der Waals surface area (Å²) < 4.78 is 0. The first-order chi connectivity index (χ1) is 12.5. The van der Waals surface area contributed by atoms with E-state index in [4.69, 9.17) is 0 Å². The highest BCUT2D eigenvalue weighted by molar-refractivity contribution is 8.00. The Hall–Kier alpha value is -2.34. The van der Waals surface area contributed by atoms with E-state index in [1.54, 1.807) is 0 Å². The number of thioether (sulfide) groups is 1. The van der Waals surface area contributed by atoms with Crippen LogP contribution in [0.4, 0.5) is 5.69 Å². The fourth-order valence-electron chi connectivity index (χ4n) is 2.69. The Morgan fingerprint density at radius 3 is 2.44 bits per heavy atom. The molecule has 0 spiro atoms. The maximum Gasteiger partial charge on any atom is 0.258 e. The van der Waals surface area contributed by atoms with E-state index in [1.807, 2.05) is 71.9 Å². The predicted octanol–water partition coefficient (Wildman–Crippen LogP) is 4.27. The lowest BCUT2D eigenvalue weighted by molar-refractivity contribution is -0.119. The molecule has 0 aliphatic carbocycles. The fourth-order valence-corrected chi connectivity index (χ4v) is 3.63. The highest BCUT2D eigenvalue weighted by Crippen LogP contribution is 2.25. The van der Waals surface area contributed by atoms with Crippen molar-refractivity contribution in [2.75, 3.05) is 11.1 Å². The molecule has 6 heteroatoms. The number of rotatable bonds is 5. The fraction of sp³-hybridized carbons (Fsp3) is 0.381. The van der Waals surface area contributed by atoms with Crippen LogP contribution >= 0.6 is 11.8 Å². The Morgan fingerprint density at radius 1 is 1.11 bits per heavy atom. The van der Waals surface area contributed by atoms with Gasteiger partial charge >= 0.3 is 0 Å². The molecule has 0 atom stereocenters. The molecule has 1 heterocycles. The van der Waals surface area contributed by atoms with E-state index in [-0.39, 0.29) is 23.1 Å². The van der Waals surface area contributed by atoms with Gasteiger partial charge in [0, 0.05) is 16.9 Å². The van der Waals surface area contributed by atoms with Crippen molar-refractivity contribution in [2.45, 2.75) is 52.1 Å². The average molecular weight is 386 g/mol. The third kappa shape index (κ3) is 6.40. The number of aryl methyl sites for hydroxylation is 3. The van der Waals surface area contributed by atoms with Crippen molar-refractivity contribution in [3.63, 3.8) is 0 Å². The summed E-state index contributed by atoms with van der Waals surface area (Å²) in [5.41, 5.74) is 3.68. The summed E-state index contributed by atoms with van der Waals surface area (Å²) in [5, 5.41) is 6.43. The second-order valence-corrected chi connectivity index (χ2v) is 8.64. The van der Waals surface area contributed by atoms with Crippen LogP contribution in [0.5, 0.6) is 0 Å². The predicted molar refractivity (Wildman–Crippen MR) is 111 cm³/mol. The second-order valence-electron chi connectivity index (χ2n) is 7.67. The van der Waals surface area contributed by atoms with E-state index < -0.39 is 0 Å². The molecule has 0 unspecified atom stereocenters. The van der Waals surface area contributed by atoms with Gasteiger partial charge in [-0.1, -0.05) is 23.9 Å². The van der Waals surface area contributed by atoms with E-state index in [2.05, 4.69) is 15.6 Å². The number of nitrogens with one attached hydrogen (secondary N) is 2. The van der Waals surface area contributed by atoms with E-state index in [9.17, 15) is 9.59 Å². The summed E-state index contributed by atoms with van der Waals surface area (Å²) in [7, 11) is 0. The molecule has 0 saturated carbocycles. The number of hydrogen-bond acceptors (Lipinski definition) is 4. The summed E-state index contributed by atoms with van der Waals surface area (Å²) in [6.07, 6.45) is 0. The van der Waals surface area contributed by atoms with Gasteiger partial charge in [-0.15, -0.1) is 0 Å². The van der Waals surface area contributed by atoms with Gasteiger partial charge in [-0.25, -0.2) is 4.98 Å². The molecule has 27 heavy (non-hydrogen) atoms. The molecule has 1 aromatic heterocycles. The summed E-state index contributed by atoms with van der Waals surface area (Å²) in [6, 6.07) is 9.52. The van der Waals surface area contributed by atoms with Crippen LogP contribution in [0.1, 0.15) is 48.0 Å². The smallest absolute Gasteiger partial charge is 0.258 e. The van der Waals surface area contributed by atoms with Crippen LogP contribution in [0.25, 0.3) is 0 Å². The third-order valence-corrected chi connectivity index (χ3v) is 4.64. The number of nitrogens with zero attached hydrogens (tertiary/aromatic N) is 1. The molecule has 2 N–H and O–H groups in total. The number of aromatic nitrogens is 1. The van der Waals surface area contributed by atoms with Crippen molar-refractivity contribution in [3.05, 3.63) is 52.7 Å². The van der Waals surface area contributed by atoms with E-state index in [0.717, 1.165) is 22.5 Å². The van der Waals surface area contributed by atoms with E-state index in [0.29, 0.717) is 10.6 Å². The number of amides is 2. The van der Waals surface area contributed by atoms with Crippen LogP contribution in [0.3, 0.4) is 0 Å². The van der Waals surface area contributed by atoms with Crippen LogP contribution in [-0.2, 0) is 4.79 Å². The molecule has 2 rings (SSSR count). The number of hydrogen-bond donors (Lipinski definition) is 2. The Morgan fingerprint density at radius 2 is 1.81 bits per heavy atom. The minimum Gasteiger partial charge on any atom is -0.351 e. The Labute approximate surface area is 165 Å². The molecule has 144 valence electrons. The molecule has 1 aromatic carbocycles. The summed E-state index contributed by atoms with van der Waals surface area (Å²) in [5.74, 6) is -0.0967. The minimum absolute atomic E-state index is 0.0847. The van der Waals surface area contributed by atoms with Crippen molar-refractivity contribution in [1.29, 1.82) is 0 Å². The van der Waals surface area contributed by atoms with E-state index in [1.165, 1.54) is 11.8 Å². The molecule has 0 aliphatic heterocycles. The first kappa shape index (κ1) is 21.0. The Bertz CT molecular complexity index is 857. The number of pyridine rings is 1. The van der Waals surface area contributed by atoms with Crippen molar-refractivity contribution >= 4 is 29.3 Å². The van der Waals surface area contributed by atoms with E-state index >= 15 is 0 Å². The highest BCUT2D eigenvalue weighted by Gasteiger charge is 2.20.